The third-order valence-electron chi connectivity index (χ3n) is 4.87. The van der Waals surface area contributed by atoms with Crippen LogP contribution in [0.2, 0.25) is 0 Å². The number of nitrogens with zero attached hydrogens (tertiary/aromatic N) is 1. The Balaban J connectivity index is 1.74. The fourth-order valence-electron chi connectivity index (χ4n) is 3.07. The molecular formula is C17H22N2O5S. The molecule has 1 heterocycles. The number of nitrogens with one attached hydrogen (secondary N) is 1. The second-order valence-electron chi connectivity index (χ2n) is 6.96. The summed E-state index contributed by atoms with van der Waals surface area (Å²) in [6, 6.07) is 5.91. The third kappa shape index (κ3) is 4.01. The second kappa shape index (κ2) is 6.76. The van der Waals surface area contributed by atoms with Crippen LogP contribution in [0.5, 0.6) is 0 Å². The maximum Gasteiger partial charge on any atom is 0.308 e. The first-order valence-corrected chi connectivity index (χ1v) is 9.88. The lowest BCUT2D eigenvalue weighted by Crippen LogP contribution is -2.30. The molecule has 8 heteroatoms. The van der Waals surface area contributed by atoms with Gasteiger partial charge in [0.1, 0.15) is 0 Å². The van der Waals surface area contributed by atoms with Crippen molar-refractivity contribution in [2.75, 3.05) is 19.6 Å². The van der Waals surface area contributed by atoms with E-state index in [0.29, 0.717) is 19.0 Å². The van der Waals surface area contributed by atoms with Crippen molar-refractivity contribution in [2.24, 2.45) is 17.8 Å². The van der Waals surface area contributed by atoms with E-state index in [4.69, 9.17) is 0 Å². The highest BCUT2D eigenvalue weighted by atomic mass is 32.2. The predicted octanol–water partition coefficient (Wildman–Crippen LogP) is 1.17. The van der Waals surface area contributed by atoms with Crippen LogP contribution in [0.15, 0.2) is 29.2 Å². The first-order chi connectivity index (χ1) is 11.8. The van der Waals surface area contributed by atoms with Crippen LogP contribution >= 0.6 is 0 Å². The average molecular weight is 366 g/mol. The van der Waals surface area contributed by atoms with Crippen LogP contribution in [0, 0.1) is 17.8 Å². The zero-order valence-corrected chi connectivity index (χ0v) is 14.8. The van der Waals surface area contributed by atoms with Gasteiger partial charge in [0.25, 0.3) is 5.91 Å². The smallest absolute Gasteiger partial charge is 0.308 e. The summed E-state index contributed by atoms with van der Waals surface area (Å²) in [6.07, 6.45) is 2.08. The quantitative estimate of drug-likeness (QED) is 0.786. The Labute approximate surface area is 147 Å². The van der Waals surface area contributed by atoms with Crippen molar-refractivity contribution in [3.63, 3.8) is 0 Å². The Morgan fingerprint density at radius 1 is 1.28 bits per heavy atom. The van der Waals surface area contributed by atoms with Gasteiger partial charge in [0, 0.05) is 25.2 Å². The summed E-state index contributed by atoms with van der Waals surface area (Å²) in [5.41, 5.74) is 0.257. The van der Waals surface area contributed by atoms with Crippen molar-refractivity contribution in [1.82, 2.24) is 9.62 Å². The van der Waals surface area contributed by atoms with Gasteiger partial charge in [-0.05, 0) is 42.9 Å². The molecule has 0 aromatic heterocycles. The molecule has 2 aliphatic rings. The Hall–Kier alpha value is -1.93. The van der Waals surface area contributed by atoms with Crippen LogP contribution < -0.4 is 4.72 Å². The summed E-state index contributed by atoms with van der Waals surface area (Å²) in [4.78, 5) is 25.4. The van der Waals surface area contributed by atoms with Crippen molar-refractivity contribution in [3.05, 3.63) is 29.8 Å². The number of benzene rings is 1. The molecule has 1 saturated carbocycles. The number of carboxylic acid groups (broad SMARTS) is 1. The summed E-state index contributed by atoms with van der Waals surface area (Å²) >= 11 is 0. The van der Waals surface area contributed by atoms with Crippen molar-refractivity contribution in [2.45, 2.75) is 24.7 Å². The van der Waals surface area contributed by atoms with E-state index in [2.05, 4.69) is 4.72 Å². The lowest BCUT2D eigenvalue weighted by molar-refractivity contribution is -0.142. The number of aliphatic carboxylic acids is 1. The number of likely N-dealkylation sites (tertiary alicyclic amines) is 1. The highest BCUT2D eigenvalue weighted by Gasteiger charge is 2.37. The molecule has 1 aromatic rings. The monoisotopic (exact) mass is 366 g/mol. The number of sulfonamides is 1. The Kier molecular flexibility index (Phi) is 4.83. The number of hydrogen-bond donors (Lipinski definition) is 2. The van der Waals surface area contributed by atoms with E-state index < -0.39 is 21.9 Å². The van der Waals surface area contributed by atoms with Crippen molar-refractivity contribution >= 4 is 21.9 Å². The molecule has 0 radical (unpaired) electrons. The molecule has 136 valence electrons. The SMILES string of the molecule is C[C@@H]1CN(C(=O)c2cccc(S(=O)(=O)NCC3CC3)c2)C[C@H]1C(=O)O. The minimum Gasteiger partial charge on any atom is -0.481 e. The van der Waals surface area contributed by atoms with Crippen LogP contribution in [-0.2, 0) is 14.8 Å². The first-order valence-electron chi connectivity index (χ1n) is 8.40. The normalized spacial score (nSPS) is 23.6. The van der Waals surface area contributed by atoms with Gasteiger partial charge in [-0.15, -0.1) is 0 Å². The molecule has 2 atom stereocenters. The predicted molar refractivity (Wildman–Crippen MR) is 90.5 cm³/mol. The van der Waals surface area contributed by atoms with Gasteiger partial charge in [-0.25, -0.2) is 13.1 Å². The van der Waals surface area contributed by atoms with Crippen molar-refractivity contribution in [1.29, 1.82) is 0 Å². The van der Waals surface area contributed by atoms with Gasteiger partial charge >= 0.3 is 5.97 Å². The molecule has 3 rings (SSSR count). The summed E-state index contributed by atoms with van der Waals surface area (Å²) in [5.74, 6) is -1.55. The Morgan fingerprint density at radius 3 is 2.60 bits per heavy atom. The zero-order valence-electron chi connectivity index (χ0n) is 14.0. The van der Waals surface area contributed by atoms with E-state index in [1.165, 1.54) is 23.1 Å². The molecule has 1 aliphatic carbocycles. The maximum atomic E-state index is 12.6. The molecule has 0 unspecified atom stereocenters. The summed E-state index contributed by atoms with van der Waals surface area (Å²) in [5, 5.41) is 9.19. The van der Waals surface area contributed by atoms with E-state index in [1.807, 2.05) is 0 Å². The molecule has 2 N–H and O–H groups in total. The van der Waals surface area contributed by atoms with Crippen molar-refractivity contribution < 1.29 is 23.1 Å². The molecule has 1 aromatic carbocycles. The second-order valence-corrected chi connectivity index (χ2v) is 8.72. The number of carboxylic acids is 1. The van der Waals surface area contributed by atoms with E-state index in [1.54, 1.807) is 13.0 Å². The molecular weight excluding hydrogens is 344 g/mol. The summed E-state index contributed by atoms with van der Waals surface area (Å²) in [6.45, 7) is 2.72. The van der Waals surface area contributed by atoms with Crippen LogP contribution in [0.25, 0.3) is 0 Å². The van der Waals surface area contributed by atoms with E-state index in [9.17, 15) is 23.1 Å². The molecule has 0 spiro atoms. The molecule has 7 nitrogen and oxygen atoms in total. The Morgan fingerprint density at radius 2 is 2.00 bits per heavy atom. The molecule has 1 aliphatic heterocycles. The first kappa shape index (κ1) is 17.9. The molecule has 0 bridgehead atoms. The van der Waals surface area contributed by atoms with Gasteiger partial charge in [-0.3, -0.25) is 9.59 Å². The maximum absolute atomic E-state index is 12.6. The van der Waals surface area contributed by atoms with Crippen molar-refractivity contribution in [3.8, 4) is 0 Å². The Bertz CT molecular complexity index is 788. The molecule has 2 fully saturated rings. The topological polar surface area (TPSA) is 104 Å². The highest BCUT2D eigenvalue weighted by Crippen LogP contribution is 2.28. The number of amides is 1. The van der Waals surface area contributed by atoms with Crippen LogP contribution in [0.1, 0.15) is 30.1 Å². The molecule has 1 saturated heterocycles. The zero-order chi connectivity index (χ0) is 18.2. The van der Waals surface area contributed by atoms with E-state index >= 15 is 0 Å². The van der Waals surface area contributed by atoms with Crippen LogP contribution in [0.3, 0.4) is 0 Å². The molecule has 25 heavy (non-hydrogen) atoms. The van der Waals surface area contributed by atoms with Crippen LogP contribution in [-0.4, -0.2) is 49.9 Å². The number of carbonyl (C=O) groups excluding carboxylic acids is 1. The largest absolute Gasteiger partial charge is 0.481 e. The number of carbonyl (C=O) groups is 2. The van der Waals surface area contributed by atoms with E-state index in [0.717, 1.165) is 12.8 Å². The van der Waals surface area contributed by atoms with Gasteiger partial charge in [0.05, 0.1) is 10.8 Å². The van der Waals surface area contributed by atoms with Gasteiger partial charge in [-0.1, -0.05) is 13.0 Å². The van der Waals surface area contributed by atoms with Gasteiger partial charge in [0.15, 0.2) is 0 Å². The summed E-state index contributed by atoms with van der Waals surface area (Å²) < 4.78 is 27.3. The highest BCUT2D eigenvalue weighted by molar-refractivity contribution is 7.89. The average Bonchev–Trinajstić information content (AvgIpc) is 3.33. The molecule has 1 amide bonds. The van der Waals surface area contributed by atoms with Gasteiger partial charge in [-0.2, -0.15) is 0 Å². The van der Waals surface area contributed by atoms with E-state index in [-0.39, 0.29) is 28.8 Å². The minimum atomic E-state index is -3.64. The van der Waals surface area contributed by atoms with Crippen LogP contribution in [0.4, 0.5) is 0 Å². The number of hydrogen-bond acceptors (Lipinski definition) is 4. The summed E-state index contributed by atoms with van der Waals surface area (Å²) in [7, 11) is -3.64. The standard InChI is InChI=1S/C17H22N2O5S/c1-11-9-19(10-15(11)17(21)22)16(20)13-3-2-4-14(7-13)25(23,24)18-8-12-5-6-12/h2-4,7,11-12,15,18H,5-6,8-10H2,1H3,(H,21,22)/t11-,15-/m1/s1. The fraction of sp³-hybridized carbons (Fsp3) is 0.529. The van der Waals surface area contributed by atoms with Gasteiger partial charge < -0.3 is 10.0 Å². The lowest BCUT2D eigenvalue weighted by atomic mass is 9.99. The fourth-order valence-corrected chi connectivity index (χ4v) is 4.23. The third-order valence-corrected chi connectivity index (χ3v) is 6.29. The minimum absolute atomic E-state index is 0.0565. The van der Waals surface area contributed by atoms with Gasteiger partial charge in [0.2, 0.25) is 10.0 Å². The number of rotatable bonds is 6. The lowest BCUT2D eigenvalue weighted by Gasteiger charge is -2.16.